The number of nitrogens with zero attached hydrogens (tertiary/aromatic N) is 2. The van der Waals surface area contributed by atoms with Crippen molar-refractivity contribution in [2.75, 3.05) is 11.4 Å². The monoisotopic (exact) mass is 546 g/mol. The Hall–Kier alpha value is -1.93. The van der Waals surface area contributed by atoms with Crippen molar-refractivity contribution in [2.24, 2.45) is 0 Å². The molecule has 0 unspecified atom stereocenters. The standard InChI is InChI=1S/C24H22Cl2F2N2O2S.ClH/c25-17-11-14(5-7-19(17)27)23(15-6-8-20(28)18(26)12-15)21-13-33-24(29-21)30(10-9-22(31)32)16-3-1-2-4-16;/h5-8,11-13,16,23H,1-4,9-10H2,(H,31,32);1H. The molecular weight excluding hydrogens is 525 g/mol. The fraction of sp³-hybridized carbons (Fsp3) is 0.333. The van der Waals surface area contributed by atoms with Gasteiger partial charge in [-0.15, -0.1) is 23.7 Å². The maximum Gasteiger partial charge on any atom is 0.305 e. The van der Waals surface area contributed by atoms with Crippen LogP contribution in [0.4, 0.5) is 13.9 Å². The molecule has 4 rings (SSSR count). The van der Waals surface area contributed by atoms with Crippen LogP contribution in [0.15, 0.2) is 41.8 Å². The first kappa shape index (κ1) is 26.7. The number of carboxylic acid groups (broad SMARTS) is 1. The Labute approximate surface area is 216 Å². The molecule has 2 aromatic carbocycles. The molecule has 1 heterocycles. The van der Waals surface area contributed by atoms with E-state index in [2.05, 4.69) is 4.90 Å². The normalized spacial score (nSPS) is 13.8. The molecule has 34 heavy (non-hydrogen) atoms. The van der Waals surface area contributed by atoms with Gasteiger partial charge >= 0.3 is 5.97 Å². The second-order valence-electron chi connectivity index (χ2n) is 8.11. The van der Waals surface area contributed by atoms with Gasteiger partial charge in [-0.2, -0.15) is 0 Å². The minimum Gasteiger partial charge on any atom is -0.481 e. The van der Waals surface area contributed by atoms with E-state index in [1.54, 1.807) is 12.1 Å². The van der Waals surface area contributed by atoms with Crippen LogP contribution in [0.1, 0.15) is 54.8 Å². The summed E-state index contributed by atoms with van der Waals surface area (Å²) in [5.74, 6) is -2.36. The Morgan fingerprint density at radius 2 is 1.65 bits per heavy atom. The molecule has 0 amide bonds. The van der Waals surface area contributed by atoms with Crippen molar-refractivity contribution in [1.82, 2.24) is 4.98 Å². The largest absolute Gasteiger partial charge is 0.481 e. The molecule has 3 aromatic rings. The summed E-state index contributed by atoms with van der Waals surface area (Å²) in [5.41, 5.74) is 2.07. The Morgan fingerprint density at radius 1 is 1.09 bits per heavy atom. The second-order valence-corrected chi connectivity index (χ2v) is 9.76. The van der Waals surface area contributed by atoms with Gasteiger partial charge in [-0.05, 0) is 48.2 Å². The lowest BCUT2D eigenvalue weighted by atomic mass is 9.89. The zero-order valence-corrected chi connectivity index (χ0v) is 21.2. The highest BCUT2D eigenvalue weighted by Gasteiger charge is 2.28. The lowest BCUT2D eigenvalue weighted by molar-refractivity contribution is -0.136. The summed E-state index contributed by atoms with van der Waals surface area (Å²) in [6, 6.07) is 9.17. The summed E-state index contributed by atoms with van der Waals surface area (Å²) >= 11 is 13.6. The molecule has 1 N–H and O–H groups in total. The summed E-state index contributed by atoms with van der Waals surface area (Å²) in [5, 5.41) is 11.8. The van der Waals surface area contributed by atoms with Gasteiger partial charge in [-0.25, -0.2) is 13.8 Å². The fourth-order valence-corrected chi connectivity index (χ4v) is 5.65. The van der Waals surface area contributed by atoms with Gasteiger partial charge < -0.3 is 10.0 Å². The zero-order chi connectivity index (χ0) is 23.5. The van der Waals surface area contributed by atoms with E-state index in [4.69, 9.17) is 28.2 Å². The molecule has 1 aliphatic rings. The average Bonchev–Trinajstić information content (AvgIpc) is 3.47. The molecule has 0 saturated heterocycles. The highest BCUT2D eigenvalue weighted by Crippen LogP contribution is 2.38. The average molecular weight is 548 g/mol. The molecule has 0 radical (unpaired) electrons. The van der Waals surface area contributed by atoms with E-state index < -0.39 is 23.5 Å². The lowest BCUT2D eigenvalue weighted by Gasteiger charge is -2.28. The molecular formula is C24H23Cl3F2N2O2S. The molecule has 0 bridgehead atoms. The molecule has 0 spiro atoms. The number of benzene rings is 2. The van der Waals surface area contributed by atoms with Crippen molar-refractivity contribution in [2.45, 2.75) is 44.1 Å². The number of hydrogen-bond donors (Lipinski definition) is 1. The first-order valence-electron chi connectivity index (χ1n) is 10.7. The molecule has 4 nitrogen and oxygen atoms in total. The van der Waals surface area contributed by atoms with E-state index in [9.17, 15) is 18.7 Å². The van der Waals surface area contributed by atoms with Gasteiger partial charge in [-0.1, -0.05) is 48.2 Å². The van der Waals surface area contributed by atoms with E-state index in [1.807, 2.05) is 5.38 Å². The van der Waals surface area contributed by atoms with E-state index in [0.29, 0.717) is 23.4 Å². The quantitative estimate of drug-likeness (QED) is 0.316. The van der Waals surface area contributed by atoms with Crippen LogP contribution in [0, 0.1) is 11.6 Å². The van der Waals surface area contributed by atoms with Gasteiger partial charge in [-0.3, -0.25) is 4.79 Å². The zero-order valence-electron chi connectivity index (χ0n) is 18.0. The number of thiazole rings is 1. The van der Waals surface area contributed by atoms with Crippen LogP contribution < -0.4 is 4.90 Å². The van der Waals surface area contributed by atoms with Crippen molar-refractivity contribution in [3.8, 4) is 0 Å². The Bertz CT molecular complexity index is 1100. The van der Waals surface area contributed by atoms with E-state index in [0.717, 1.165) is 30.8 Å². The highest BCUT2D eigenvalue weighted by atomic mass is 35.5. The third-order valence-corrected chi connectivity index (χ3v) is 7.41. The number of aromatic nitrogens is 1. The van der Waals surface area contributed by atoms with Crippen LogP contribution >= 0.6 is 46.9 Å². The lowest BCUT2D eigenvalue weighted by Crippen LogP contribution is -2.35. The summed E-state index contributed by atoms with van der Waals surface area (Å²) in [4.78, 5) is 18.2. The number of hydrogen-bond acceptors (Lipinski definition) is 4. The summed E-state index contributed by atoms with van der Waals surface area (Å²) in [6.07, 6.45) is 4.24. The van der Waals surface area contributed by atoms with E-state index in [1.165, 1.54) is 35.6 Å². The number of halogens is 5. The van der Waals surface area contributed by atoms with Crippen LogP contribution in [-0.4, -0.2) is 28.6 Å². The maximum atomic E-state index is 13.8. The number of carbonyl (C=O) groups is 1. The van der Waals surface area contributed by atoms with Crippen LogP contribution in [-0.2, 0) is 4.79 Å². The Kier molecular flexibility index (Phi) is 9.15. The van der Waals surface area contributed by atoms with Crippen molar-refractivity contribution in [3.05, 3.63) is 80.3 Å². The number of aliphatic carboxylic acids is 1. The molecule has 1 saturated carbocycles. The molecule has 0 aliphatic heterocycles. The first-order valence-corrected chi connectivity index (χ1v) is 12.3. The van der Waals surface area contributed by atoms with Gasteiger partial charge in [0.25, 0.3) is 0 Å². The minimum atomic E-state index is -0.852. The van der Waals surface area contributed by atoms with Gasteiger partial charge in [0, 0.05) is 18.0 Å². The van der Waals surface area contributed by atoms with Gasteiger partial charge in [0.1, 0.15) is 11.6 Å². The molecule has 0 atom stereocenters. The number of carboxylic acids is 1. The van der Waals surface area contributed by atoms with Gasteiger partial charge in [0.05, 0.1) is 28.1 Å². The summed E-state index contributed by atoms with van der Waals surface area (Å²) in [6.45, 7) is 0.377. The maximum absolute atomic E-state index is 13.8. The third-order valence-electron chi connectivity index (χ3n) is 5.94. The third kappa shape index (κ3) is 6.00. The molecule has 1 aromatic heterocycles. The molecule has 182 valence electrons. The fourth-order valence-electron chi connectivity index (χ4n) is 4.33. The van der Waals surface area contributed by atoms with Crippen LogP contribution in [0.25, 0.3) is 0 Å². The highest BCUT2D eigenvalue weighted by molar-refractivity contribution is 7.13. The van der Waals surface area contributed by atoms with Crippen LogP contribution in [0.2, 0.25) is 10.0 Å². The second kappa shape index (κ2) is 11.7. The minimum absolute atomic E-state index is 0. The Morgan fingerprint density at radius 3 is 2.15 bits per heavy atom. The van der Waals surface area contributed by atoms with Crippen molar-refractivity contribution in [3.63, 3.8) is 0 Å². The predicted molar refractivity (Wildman–Crippen MR) is 135 cm³/mol. The number of rotatable bonds is 8. The number of anilines is 1. The predicted octanol–water partition coefficient (Wildman–Crippen LogP) is 7.55. The summed E-state index contributed by atoms with van der Waals surface area (Å²) in [7, 11) is 0. The van der Waals surface area contributed by atoms with Crippen LogP contribution in [0.5, 0.6) is 0 Å². The molecule has 10 heteroatoms. The van der Waals surface area contributed by atoms with E-state index in [-0.39, 0.29) is 34.9 Å². The van der Waals surface area contributed by atoms with Crippen molar-refractivity contribution >= 4 is 58.0 Å². The van der Waals surface area contributed by atoms with Crippen LogP contribution in [0.3, 0.4) is 0 Å². The molecule has 1 fully saturated rings. The SMILES string of the molecule is Cl.O=C(O)CCN(c1nc(C(c2ccc(F)c(Cl)c2)c2ccc(F)c(Cl)c2)cs1)C1CCCC1. The first-order chi connectivity index (χ1) is 15.8. The Balaban J connectivity index is 0.00000324. The smallest absolute Gasteiger partial charge is 0.305 e. The van der Waals surface area contributed by atoms with Crippen molar-refractivity contribution in [1.29, 1.82) is 0 Å². The summed E-state index contributed by atoms with van der Waals surface area (Å²) < 4.78 is 27.7. The molecule has 1 aliphatic carbocycles. The van der Waals surface area contributed by atoms with E-state index >= 15 is 0 Å². The van der Waals surface area contributed by atoms with Gasteiger partial charge in [0.15, 0.2) is 5.13 Å². The van der Waals surface area contributed by atoms with Gasteiger partial charge in [0.2, 0.25) is 0 Å². The van der Waals surface area contributed by atoms with Crippen molar-refractivity contribution < 1.29 is 18.7 Å². The topological polar surface area (TPSA) is 53.4 Å².